The molecule has 0 saturated carbocycles. The SMILES string of the molecule is CCCCCCC(CC(N)CCOC)c1ccc(OC)cc1F. The van der Waals surface area contributed by atoms with E-state index in [4.69, 9.17) is 15.2 Å². The van der Waals surface area contributed by atoms with Gasteiger partial charge in [0.25, 0.3) is 0 Å². The van der Waals surface area contributed by atoms with Crippen molar-refractivity contribution in [3.8, 4) is 5.75 Å². The van der Waals surface area contributed by atoms with Crippen molar-refractivity contribution in [2.24, 2.45) is 5.73 Å². The normalized spacial score (nSPS) is 13.8. The minimum Gasteiger partial charge on any atom is -0.497 e. The van der Waals surface area contributed by atoms with Crippen LogP contribution in [0.4, 0.5) is 4.39 Å². The summed E-state index contributed by atoms with van der Waals surface area (Å²) in [5.41, 5.74) is 6.97. The molecule has 2 N–H and O–H groups in total. The topological polar surface area (TPSA) is 44.5 Å². The molecule has 0 amide bonds. The number of unbranched alkanes of at least 4 members (excludes halogenated alkanes) is 3. The maximum Gasteiger partial charge on any atom is 0.130 e. The summed E-state index contributed by atoms with van der Waals surface area (Å²) >= 11 is 0. The van der Waals surface area contributed by atoms with E-state index in [1.807, 2.05) is 12.1 Å². The van der Waals surface area contributed by atoms with Gasteiger partial charge in [-0.15, -0.1) is 0 Å². The van der Waals surface area contributed by atoms with Gasteiger partial charge in [-0.2, -0.15) is 0 Å². The van der Waals surface area contributed by atoms with Gasteiger partial charge in [-0.1, -0.05) is 38.7 Å². The third kappa shape index (κ3) is 7.32. The van der Waals surface area contributed by atoms with Crippen LogP contribution in [0.15, 0.2) is 18.2 Å². The molecule has 3 nitrogen and oxygen atoms in total. The second kappa shape index (κ2) is 11.4. The Morgan fingerprint density at radius 2 is 1.91 bits per heavy atom. The van der Waals surface area contributed by atoms with E-state index in [-0.39, 0.29) is 17.8 Å². The number of nitrogens with two attached hydrogens (primary N) is 1. The third-order valence-electron chi connectivity index (χ3n) is 4.33. The molecule has 0 spiro atoms. The van der Waals surface area contributed by atoms with Gasteiger partial charge in [-0.3, -0.25) is 0 Å². The molecule has 132 valence electrons. The maximum atomic E-state index is 14.4. The number of hydrogen-bond acceptors (Lipinski definition) is 3. The molecule has 0 heterocycles. The predicted octanol–water partition coefficient (Wildman–Crippen LogP) is 4.64. The fourth-order valence-electron chi connectivity index (χ4n) is 2.94. The van der Waals surface area contributed by atoms with Gasteiger partial charge in [0.2, 0.25) is 0 Å². The number of methoxy groups -OCH3 is 2. The highest BCUT2D eigenvalue weighted by molar-refractivity contribution is 5.31. The number of hydrogen-bond donors (Lipinski definition) is 1. The highest BCUT2D eigenvalue weighted by Gasteiger charge is 2.19. The third-order valence-corrected chi connectivity index (χ3v) is 4.33. The average Bonchev–Trinajstić information content (AvgIpc) is 2.55. The first-order chi connectivity index (χ1) is 11.1. The number of benzene rings is 1. The molecule has 1 aromatic rings. The van der Waals surface area contributed by atoms with Crippen LogP contribution in [-0.4, -0.2) is 26.9 Å². The van der Waals surface area contributed by atoms with Gasteiger partial charge < -0.3 is 15.2 Å². The summed E-state index contributed by atoms with van der Waals surface area (Å²) in [5, 5.41) is 0. The standard InChI is InChI=1S/C19H32FNO2/c1-4-5-6-7-8-15(13-16(21)11-12-22-2)18-10-9-17(23-3)14-19(18)20/h9-10,14-16H,4-8,11-13,21H2,1-3H3. The lowest BCUT2D eigenvalue weighted by Crippen LogP contribution is -2.25. The van der Waals surface area contributed by atoms with E-state index >= 15 is 0 Å². The van der Waals surface area contributed by atoms with Crippen molar-refractivity contribution < 1.29 is 13.9 Å². The van der Waals surface area contributed by atoms with Gasteiger partial charge in [-0.25, -0.2) is 4.39 Å². The molecule has 1 rings (SSSR count). The van der Waals surface area contributed by atoms with Crippen LogP contribution in [0.1, 0.15) is 63.4 Å². The van der Waals surface area contributed by atoms with Gasteiger partial charge >= 0.3 is 0 Å². The first-order valence-corrected chi connectivity index (χ1v) is 8.70. The predicted molar refractivity (Wildman–Crippen MR) is 93.5 cm³/mol. The highest BCUT2D eigenvalue weighted by Crippen LogP contribution is 2.31. The molecule has 0 bridgehead atoms. The Bertz CT molecular complexity index is 439. The zero-order chi connectivity index (χ0) is 17.1. The van der Waals surface area contributed by atoms with E-state index in [1.54, 1.807) is 14.2 Å². The van der Waals surface area contributed by atoms with E-state index in [0.29, 0.717) is 12.4 Å². The fourth-order valence-corrected chi connectivity index (χ4v) is 2.94. The molecule has 0 saturated heterocycles. The molecular formula is C19H32FNO2. The Balaban J connectivity index is 2.76. The van der Waals surface area contributed by atoms with Crippen LogP contribution >= 0.6 is 0 Å². The molecular weight excluding hydrogens is 293 g/mol. The summed E-state index contributed by atoms with van der Waals surface area (Å²) in [6.45, 7) is 2.84. The Labute approximate surface area is 140 Å². The largest absolute Gasteiger partial charge is 0.497 e. The van der Waals surface area contributed by atoms with Crippen molar-refractivity contribution >= 4 is 0 Å². The number of rotatable bonds is 12. The molecule has 1 aromatic carbocycles. The van der Waals surface area contributed by atoms with E-state index in [2.05, 4.69) is 6.92 Å². The van der Waals surface area contributed by atoms with Crippen LogP contribution < -0.4 is 10.5 Å². The molecule has 0 aliphatic carbocycles. The van der Waals surface area contributed by atoms with Gasteiger partial charge in [0.05, 0.1) is 7.11 Å². The molecule has 2 unspecified atom stereocenters. The minimum atomic E-state index is -0.191. The van der Waals surface area contributed by atoms with Gasteiger partial charge in [0, 0.05) is 25.8 Å². The van der Waals surface area contributed by atoms with Crippen molar-refractivity contribution in [2.75, 3.05) is 20.8 Å². The van der Waals surface area contributed by atoms with Crippen molar-refractivity contribution in [1.29, 1.82) is 0 Å². The second-order valence-electron chi connectivity index (χ2n) is 6.21. The molecule has 0 aliphatic rings. The fraction of sp³-hybridized carbons (Fsp3) is 0.684. The van der Waals surface area contributed by atoms with Gasteiger partial charge in [0.1, 0.15) is 11.6 Å². The summed E-state index contributed by atoms with van der Waals surface area (Å²) in [6, 6.07) is 5.18. The second-order valence-corrected chi connectivity index (χ2v) is 6.21. The molecule has 0 aromatic heterocycles. The molecule has 23 heavy (non-hydrogen) atoms. The molecule has 4 heteroatoms. The van der Waals surface area contributed by atoms with Crippen LogP contribution in [0.2, 0.25) is 0 Å². The Morgan fingerprint density at radius 1 is 1.13 bits per heavy atom. The summed E-state index contributed by atoms with van der Waals surface area (Å²) in [6.07, 6.45) is 7.31. The first kappa shape index (κ1) is 19.9. The van der Waals surface area contributed by atoms with E-state index in [9.17, 15) is 4.39 Å². The Kier molecular flexibility index (Phi) is 9.88. The van der Waals surface area contributed by atoms with Crippen LogP contribution in [0.25, 0.3) is 0 Å². The lowest BCUT2D eigenvalue weighted by molar-refractivity contribution is 0.185. The zero-order valence-corrected chi connectivity index (χ0v) is 14.8. The monoisotopic (exact) mass is 325 g/mol. The molecule has 0 radical (unpaired) electrons. The summed E-state index contributed by atoms with van der Waals surface area (Å²) in [5.74, 6) is 0.521. The van der Waals surface area contributed by atoms with Crippen molar-refractivity contribution in [3.05, 3.63) is 29.6 Å². The first-order valence-electron chi connectivity index (χ1n) is 8.70. The van der Waals surface area contributed by atoms with Crippen molar-refractivity contribution in [1.82, 2.24) is 0 Å². The minimum absolute atomic E-state index is 0.0348. The molecule has 0 aliphatic heterocycles. The highest BCUT2D eigenvalue weighted by atomic mass is 19.1. The van der Waals surface area contributed by atoms with Gasteiger partial charge in [-0.05, 0) is 36.8 Å². The van der Waals surface area contributed by atoms with Crippen molar-refractivity contribution in [2.45, 2.75) is 63.8 Å². The summed E-state index contributed by atoms with van der Waals surface area (Å²) in [4.78, 5) is 0. The quantitative estimate of drug-likeness (QED) is 0.569. The van der Waals surface area contributed by atoms with Crippen molar-refractivity contribution in [3.63, 3.8) is 0 Å². The smallest absolute Gasteiger partial charge is 0.130 e. The summed E-state index contributed by atoms with van der Waals surface area (Å²) < 4.78 is 24.6. The van der Waals surface area contributed by atoms with Crippen LogP contribution in [-0.2, 0) is 4.74 Å². The molecule has 0 fully saturated rings. The van der Waals surface area contributed by atoms with Crippen LogP contribution in [0.3, 0.4) is 0 Å². The van der Waals surface area contributed by atoms with Crippen LogP contribution in [0.5, 0.6) is 5.75 Å². The van der Waals surface area contributed by atoms with E-state index in [0.717, 1.165) is 31.2 Å². The Morgan fingerprint density at radius 3 is 2.52 bits per heavy atom. The lowest BCUT2D eigenvalue weighted by atomic mass is 9.86. The van der Waals surface area contributed by atoms with Gasteiger partial charge in [0.15, 0.2) is 0 Å². The Hall–Kier alpha value is -1.13. The molecule has 2 atom stereocenters. The number of ether oxygens (including phenoxy) is 2. The number of halogens is 1. The lowest BCUT2D eigenvalue weighted by Gasteiger charge is -2.22. The summed E-state index contributed by atoms with van der Waals surface area (Å²) in [7, 11) is 3.23. The van der Waals surface area contributed by atoms with Crippen LogP contribution in [0, 0.1) is 5.82 Å². The van der Waals surface area contributed by atoms with E-state index in [1.165, 1.54) is 25.3 Å². The average molecular weight is 325 g/mol. The zero-order valence-electron chi connectivity index (χ0n) is 14.8. The van der Waals surface area contributed by atoms with E-state index < -0.39 is 0 Å². The maximum absolute atomic E-state index is 14.4.